The van der Waals surface area contributed by atoms with E-state index in [1.165, 1.54) is 0 Å². The minimum atomic E-state index is 0.120. The van der Waals surface area contributed by atoms with Crippen molar-refractivity contribution in [1.82, 2.24) is 24.4 Å². The van der Waals surface area contributed by atoms with Gasteiger partial charge in [-0.2, -0.15) is 4.52 Å². The summed E-state index contributed by atoms with van der Waals surface area (Å²) in [6.45, 7) is 2.62. The van der Waals surface area contributed by atoms with Gasteiger partial charge in [-0.25, -0.2) is 0 Å². The van der Waals surface area contributed by atoms with Crippen LogP contribution in [0.1, 0.15) is 18.0 Å². The van der Waals surface area contributed by atoms with Gasteiger partial charge in [-0.3, -0.25) is 4.79 Å². The molecule has 2 aliphatic rings. The van der Waals surface area contributed by atoms with Gasteiger partial charge in [0.1, 0.15) is 12.1 Å². The maximum absolute atomic E-state index is 12.1. The Bertz CT molecular complexity index is 945. The summed E-state index contributed by atoms with van der Waals surface area (Å²) in [7, 11) is 0. The van der Waals surface area contributed by atoms with Crippen molar-refractivity contribution < 1.29 is 0 Å². The molecular weight excluding hydrogens is 292 g/mol. The summed E-state index contributed by atoms with van der Waals surface area (Å²) in [5.74, 6) is 1.81. The normalized spacial score (nSPS) is 23.0. The second kappa shape index (κ2) is 4.65. The van der Waals surface area contributed by atoms with Gasteiger partial charge in [0.2, 0.25) is 0 Å². The van der Waals surface area contributed by atoms with Gasteiger partial charge in [0.25, 0.3) is 5.56 Å². The lowest BCUT2D eigenvalue weighted by Gasteiger charge is -2.43. The van der Waals surface area contributed by atoms with E-state index in [0.717, 1.165) is 43.2 Å². The third kappa shape index (κ3) is 1.96. The first-order valence-electron chi connectivity index (χ1n) is 7.90. The van der Waals surface area contributed by atoms with Crippen molar-refractivity contribution in [3.63, 3.8) is 0 Å². The average Bonchev–Trinajstić information content (AvgIpc) is 3.03. The number of hydrogen-bond acceptors (Lipinski definition) is 5. The number of fused-ring (bicyclic) bond motifs is 5. The summed E-state index contributed by atoms with van der Waals surface area (Å²) in [4.78, 5) is 14.4. The fourth-order valence-corrected chi connectivity index (χ4v) is 3.97. The molecule has 0 spiro atoms. The van der Waals surface area contributed by atoms with E-state index in [-0.39, 0.29) is 5.56 Å². The zero-order chi connectivity index (χ0) is 15.4. The van der Waals surface area contributed by atoms with Crippen LogP contribution in [0.3, 0.4) is 0 Å². The third-order valence-electron chi connectivity index (χ3n) is 4.95. The molecule has 0 unspecified atom stereocenters. The number of piperidine rings is 1. The number of hydrogen-bond donors (Lipinski definition) is 0. The van der Waals surface area contributed by atoms with Gasteiger partial charge in [0.05, 0.1) is 0 Å². The third-order valence-corrected chi connectivity index (χ3v) is 4.95. The highest BCUT2D eigenvalue weighted by Gasteiger charge is 2.35. The molecule has 23 heavy (non-hydrogen) atoms. The van der Waals surface area contributed by atoms with Gasteiger partial charge in [-0.1, -0.05) is 6.07 Å². The van der Waals surface area contributed by atoms with Gasteiger partial charge < -0.3 is 9.47 Å². The van der Waals surface area contributed by atoms with Crippen molar-refractivity contribution >= 4 is 11.5 Å². The lowest BCUT2D eigenvalue weighted by Crippen LogP contribution is -2.47. The second-order valence-corrected chi connectivity index (χ2v) is 6.43. The predicted octanol–water partition coefficient (Wildman–Crippen LogP) is 0.910. The molecule has 5 rings (SSSR count). The van der Waals surface area contributed by atoms with Crippen molar-refractivity contribution in [3.05, 3.63) is 52.7 Å². The molecular formula is C16H16N6O. The van der Waals surface area contributed by atoms with Crippen molar-refractivity contribution in [1.29, 1.82) is 0 Å². The van der Waals surface area contributed by atoms with Crippen molar-refractivity contribution in [3.8, 4) is 0 Å². The van der Waals surface area contributed by atoms with Crippen LogP contribution in [-0.4, -0.2) is 37.5 Å². The molecule has 0 aliphatic carbocycles. The Balaban J connectivity index is 1.52. The minimum Gasteiger partial charge on any atom is -0.354 e. The molecule has 3 aromatic rings. The van der Waals surface area contributed by atoms with E-state index in [4.69, 9.17) is 0 Å². The molecule has 3 aromatic heterocycles. The van der Waals surface area contributed by atoms with Crippen molar-refractivity contribution in [2.24, 2.45) is 5.92 Å². The van der Waals surface area contributed by atoms with Crippen LogP contribution in [0.2, 0.25) is 0 Å². The zero-order valence-electron chi connectivity index (χ0n) is 12.5. The van der Waals surface area contributed by atoms with E-state index >= 15 is 0 Å². The smallest absolute Gasteiger partial charge is 0.250 e. The summed E-state index contributed by atoms with van der Waals surface area (Å²) in [5, 5.41) is 12.5. The summed E-state index contributed by atoms with van der Waals surface area (Å²) < 4.78 is 3.66. The molecule has 0 aromatic carbocycles. The fraction of sp³-hybridized carbons (Fsp3) is 0.375. The first-order chi connectivity index (χ1) is 11.3. The van der Waals surface area contributed by atoms with Gasteiger partial charge in [0.15, 0.2) is 5.65 Å². The fourth-order valence-electron chi connectivity index (χ4n) is 3.97. The quantitative estimate of drug-likeness (QED) is 0.668. The Labute approximate surface area is 132 Å². The predicted molar refractivity (Wildman–Crippen MR) is 84.5 cm³/mol. The summed E-state index contributed by atoms with van der Waals surface area (Å²) in [6.07, 6.45) is 2.77. The summed E-state index contributed by atoms with van der Waals surface area (Å²) in [5.41, 5.74) is 2.03. The summed E-state index contributed by atoms with van der Waals surface area (Å²) >= 11 is 0. The number of pyridine rings is 1. The Morgan fingerprint density at radius 1 is 1.09 bits per heavy atom. The van der Waals surface area contributed by atoms with Crippen LogP contribution in [0, 0.1) is 5.92 Å². The van der Waals surface area contributed by atoms with Gasteiger partial charge in [-0.15, -0.1) is 15.3 Å². The topological polar surface area (TPSA) is 68.3 Å². The lowest BCUT2D eigenvalue weighted by atomic mass is 9.83. The maximum atomic E-state index is 12.1. The lowest BCUT2D eigenvalue weighted by molar-refractivity contribution is 0.280. The molecule has 0 N–H and O–H groups in total. The standard InChI is InChI=1S/C16H16N6O/c23-16-3-1-2-13-12-6-11(8-21(13)16)7-20(9-12)15-5-4-14-18-17-10-22(14)19-15/h1-5,10-12H,6-9H2/t11-,12-/m0/s1. The molecule has 5 heterocycles. The molecule has 2 bridgehead atoms. The Morgan fingerprint density at radius 3 is 3.00 bits per heavy atom. The van der Waals surface area contributed by atoms with Gasteiger partial charge in [0, 0.05) is 37.3 Å². The first kappa shape index (κ1) is 12.8. The molecule has 2 aliphatic heterocycles. The van der Waals surface area contributed by atoms with Crippen LogP contribution in [-0.2, 0) is 6.54 Å². The molecule has 2 atom stereocenters. The van der Waals surface area contributed by atoms with Crippen LogP contribution >= 0.6 is 0 Å². The molecule has 7 heteroatoms. The van der Waals surface area contributed by atoms with Crippen LogP contribution < -0.4 is 10.5 Å². The molecule has 1 fully saturated rings. The van der Waals surface area contributed by atoms with E-state index < -0.39 is 0 Å². The van der Waals surface area contributed by atoms with Gasteiger partial charge >= 0.3 is 0 Å². The van der Waals surface area contributed by atoms with E-state index in [9.17, 15) is 4.79 Å². The molecule has 1 saturated heterocycles. The molecule has 0 radical (unpaired) electrons. The van der Waals surface area contributed by atoms with E-state index in [0.29, 0.717) is 11.8 Å². The average molecular weight is 308 g/mol. The molecule has 116 valence electrons. The van der Waals surface area contributed by atoms with Crippen LogP contribution in [0.15, 0.2) is 41.5 Å². The highest BCUT2D eigenvalue weighted by Crippen LogP contribution is 2.36. The summed E-state index contributed by atoms with van der Waals surface area (Å²) in [6, 6.07) is 9.56. The Hall–Kier alpha value is -2.70. The zero-order valence-corrected chi connectivity index (χ0v) is 12.5. The Kier molecular flexibility index (Phi) is 2.59. The van der Waals surface area contributed by atoms with Crippen molar-refractivity contribution in [2.45, 2.75) is 18.9 Å². The van der Waals surface area contributed by atoms with Crippen molar-refractivity contribution in [2.75, 3.05) is 18.0 Å². The SMILES string of the molecule is O=c1cccc2n1C[C@H]1C[C@H]2CN(c2ccc3nncn3n2)C1. The molecule has 0 amide bonds. The maximum Gasteiger partial charge on any atom is 0.250 e. The minimum absolute atomic E-state index is 0.120. The number of anilines is 1. The second-order valence-electron chi connectivity index (χ2n) is 6.43. The Morgan fingerprint density at radius 2 is 2.04 bits per heavy atom. The number of rotatable bonds is 1. The molecule has 0 saturated carbocycles. The number of nitrogens with zero attached hydrogens (tertiary/aromatic N) is 6. The highest BCUT2D eigenvalue weighted by atomic mass is 16.1. The van der Waals surface area contributed by atoms with Crippen LogP contribution in [0.25, 0.3) is 5.65 Å². The monoisotopic (exact) mass is 308 g/mol. The van der Waals surface area contributed by atoms with Crippen LogP contribution in [0.5, 0.6) is 0 Å². The van der Waals surface area contributed by atoms with E-state index in [1.54, 1.807) is 16.9 Å². The largest absolute Gasteiger partial charge is 0.354 e. The van der Waals surface area contributed by atoms with Crippen LogP contribution in [0.4, 0.5) is 5.82 Å². The number of aromatic nitrogens is 5. The van der Waals surface area contributed by atoms with Gasteiger partial charge in [-0.05, 0) is 30.5 Å². The molecule has 7 nitrogen and oxygen atoms in total. The highest BCUT2D eigenvalue weighted by molar-refractivity contribution is 5.46. The van der Waals surface area contributed by atoms with E-state index in [1.807, 2.05) is 22.8 Å². The van der Waals surface area contributed by atoms with E-state index in [2.05, 4.69) is 26.3 Å². The first-order valence-corrected chi connectivity index (χ1v) is 7.90.